The van der Waals surface area contributed by atoms with Crippen LogP contribution in [0.15, 0.2) is 46.9 Å². The average Bonchev–Trinajstić information content (AvgIpc) is 3.61. The maximum atomic E-state index is 14.0. The molecule has 0 N–H and O–H groups in total. The van der Waals surface area contributed by atoms with Crippen molar-refractivity contribution in [1.29, 1.82) is 0 Å². The largest absolute Gasteiger partial charge is 0.424 e. The third-order valence-electron chi connectivity index (χ3n) is 11.1. The number of anilines is 1. The maximum Gasteiger partial charge on any atom is 0.241 e. The highest BCUT2D eigenvalue weighted by atomic mass is 32.1. The van der Waals surface area contributed by atoms with E-state index in [0.717, 1.165) is 95.2 Å². The standard InChI is InChI=1S/C35H38F2N4O2S/c1-21-38-28-8-7-25(19-29(28)44-21)24-3-2-4-27(18-24)41(30(42)17-22-15-26(16-22)31(36)37)20-34-9-12-35(13-10-34,14-11-34)33-40-39-32(43-33)23-5-6-23/h2-4,7-8,18-19,22-23,26,31H,5-6,9-17,20H2,1H3. The van der Waals surface area contributed by atoms with Gasteiger partial charge in [0, 0.05) is 35.9 Å². The molecule has 0 radical (unpaired) electrons. The van der Waals surface area contributed by atoms with Gasteiger partial charge in [0.2, 0.25) is 24.1 Å². The van der Waals surface area contributed by atoms with Crippen molar-refractivity contribution < 1.29 is 18.0 Å². The zero-order valence-electron chi connectivity index (χ0n) is 25.1. The van der Waals surface area contributed by atoms with Crippen molar-refractivity contribution in [2.75, 3.05) is 11.4 Å². The Bertz CT molecular complexity index is 1680. The second-order valence-corrected chi connectivity index (χ2v) is 15.3. The minimum atomic E-state index is -2.29. The van der Waals surface area contributed by atoms with Crippen LogP contribution in [-0.4, -0.2) is 34.1 Å². The van der Waals surface area contributed by atoms with E-state index in [1.807, 2.05) is 24.0 Å². The number of halogens is 2. The molecule has 0 spiro atoms. The van der Waals surface area contributed by atoms with Gasteiger partial charge in [0.1, 0.15) is 0 Å². The molecule has 6 nitrogen and oxygen atoms in total. The Morgan fingerprint density at radius 2 is 1.77 bits per heavy atom. The van der Waals surface area contributed by atoms with Crippen LogP contribution in [0.4, 0.5) is 14.5 Å². The SMILES string of the molecule is Cc1nc2ccc(-c3cccc(N(CC45CCC(c6nnc(C7CC7)o6)(CC4)CC5)C(=O)CC4CC(C(F)F)C4)c3)cc2s1. The molecule has 230 valence electrons. The molecule has 44 heavy (non-hydrogen) atoms. The van der Waals surface area contributed by atoms with E-state index >= 15 is 0 Å². The summed E-state index contributed by atoms with van der Waals surface area (Å²) in [5, 5.41) is 9.94. The lowest BCUT2D eigenvalue weighted by molar-refractivity contribution is -0.122. The van der Waals surface area contributed by atoms with Gasteiger partial charge in [0.05, 0.1) is 15.2 Å². The number of benzene rings is 2. The number of aryl methyl sites for hydroxylation is 1. The van der Waals surface area contributed by atoms with Crippen LogP contribution in [0.3, 0.4) is 0 Å². The second-order valence-electron chi connectivity index (χ2n) is 14.1. The summed E-state index contributed by atoms with van der Waals surface area (Å²) in [4.78, 5) is 20.6. The number of carbonyl (C=O) groups is 1. The highest BCUT2D eigenvalue weighted by Gasteiger charge is 2.53. The summed E-state index contributed by atoms with van der Waals surface area (Å²) in [6.07, 6.45) is 7.21. The van der Waals surface area contributed by atoms with E-state index in [9.17, 15) is 13.6 Å². The molecule has 2 heterocycles. The Kier molecular flexibility index (Phi) is 6.88. The molecule has 9 heteroatoms. The molecule has 0 aliphatic heterocycles. The molecule has 0 atom stereocenters. The van der Waals surface area contributed by atoms with Gasteiger partial charge in [-0.1, -0.05) is 18.2 Å². The van der Waals surface area contributed by atoms with Gasteiger partial charge in [-0.25, -0.2) is 13.8 Å². The third-order valence-corrected chi connectivity index (χ3v) is 12.0. The summed E-state index contributed by atoms with van der Waals surface area (Å²) in [6, 6.07) is 14.6. The van der Waals surface area contributed by atoms with Gasteiger partial charge in [-0.05, 0) is 118 Å². The Morgan fingerprint density at radius 3 is 2.50 bits per heavy atom. The van der Waals surface area contributed by atoms with E-state index in [2.05, 4.69) is 45.5 Å². The van der Waals surface area contributed by atoms with Crippen molar-refractivity contribution in [3.05, 3.63) is 59.3 Å². The average molecular weight is 617 g/mol. The van der Waals surface area contributed by atoms with Crippen LogP contribution in [0.1, 0.15) is 93.3 Å². The van der Waals surface area contributed by atoms with Gasteiger partial charge < -0.3 is 9.32 Å². The predicted octanol–water partition coefficient (Wildman–Crippen LogP) is 8.84. The zero-order chi connectivity index (χ0) is 30.1. The van der Waals surface area contributed by atoms with Crippen LogP contribution >= 0.6 is 11.3 Å². The molecule has 0 unspecified atom stereocenters. The van der Waals surface area contributed by atoms with E-state index in [1.165, 1.54) is 0 Å². The minimum Gasteiger partial charge on any atom is -0.424 e. The Labute approximate surface area is 260 Å². The monoisotopic (exact) mass is 616 g/mol. The number of hydrogen-bond acceptors (Lipinski definition) is 6. The second kappa shape index (κ2) is 10.7. The fourth-order valence-corrected chi connectivity index (χ4v) is 8.88. The molecule has 9 rings (SSSR count). The van der Waals surface area contributed by atoms with E-state index in [1.54, 1.807) is 11.3 Å². The molecule has 5 aliphatic rings. The molecule has 2 aromatic heterocycles. The number of thiazole rings is 1. The van der Waals surface area contributed by atoms with Crippen LogP contribution in [0, 0.1) is 24.2 Å². The van der Waals surface area contributed by atoms with Crippen molar-refractivity contribution in [3.8, 4) is 11.1 Å². The van der Waals surface area contributed by atoms with Crippen molar-refractivity contribution in [1.82, 2.24) is 15.2 Å². The molecule has 5 aliphatic carbocycles. The number of alkyl halides is 2. The summed E-state index contributed by atoms with van der Waals surface area (Å²) in [6.45, 7) is 2.67. The summed E-state index contributed by atoms with van der Waals surface area (Å²) in [7, 11) is 0. The highest BCUT2D eigenvalue weighted by Crippen LogP contribution is 2.58. The molecular formula is C35H38F2N4O2S. The van der Waals surface area contributed by atoms with Gasteiger partial charge in [-0.3, -0.25) is 4.79 Å². The first kappa shape index (κ1) is 28.3. The number of hydrogen-bond donors (Lipinski definition) is 0. The minimum absolute atomic E-state index is 0.0248. The maximum absolute atomic E-state index is 14.0. The first-order chi connectivity index (χ1) is 21.3. The van der Waals surface area contributed by atoms with Gasteiger partial charge in [0.25, 0.3) is 0 Å². The molecular weight excluding hydrogens is 578 g/mol. The number of fused-ring (bicyclic) bond motifs is 4. The van der Waals surface area contributed by atoms with Crippen molar-refractivity contribution in [2.24, 2.45) is 17.3 Å². The summed E-state index contributed by atoms with van der Waals surface area (Å²) < 4.78 is 33.8. The van der Waals surface area contributed by atoms with Gasteiger partial charge in [-0.15, -0.1) is 21.5 Å². The predicted molar refractivity (Wildman–Crippen MR) is 167 cm³/mol. The zero-order valence-corrected chi connectivity index (χ0v) is 25.9. The summed E-state index contributed by atoms with van der Waals surface area (Å²) in [5.74, 6) is 1.60. The quantitative estimate of drug-likeness (QED) is 0.188. The van der Waals surface area contributed by atoms with Crippen LogP contribution in [0.5, 0.6) is 0 Å². The van der Waals surface area contributed by atoms with Gasteiger partial charge >= 0.3 is 0 Å². The fourth-order valence-electron chi connectivity index (χ4n) is 8.01. The number of rotatable bonds is 9. The molecule has 5 fully saturated rings. The Morgan fingerprint density at radius 1 is 1.02 bits per heavy atom. The summed E-state index contributed by atoms with van der Waals surface area (Å²) >= 11 is 1.68. The highest BCUT2D eigenvalue weighted by molar-refractivity contribution is 7.18. The number of carbonyl (C=O) groups excluding carboxylic acids is 1. The van der Waals surface area contributed by atoms with Crippen LogP contribution in [0.25, 0.3) is 21.3 Å². The normalized spacial score (nSPS) is 28.0. The van der Waals surface area contributed by atoms with Crippen LogP contribution < -0.4 is 4.90 Å². The van der Waals surface area contributed by atoms with E-state index in [4.69, 9.17) is 4.42 Å². The number of amides is 1. The lowest BCUT2D eigenvalue weighted by Gasteiger charge is -2.53. The molecule has 2 aromatic carbocycles. The van der Waals surface area contributed by atoms with E-state index in [0.29, 0.717) is 31.7 Å². The molecule has 1 amide bonds. The first-order valence-electron chi connectivity index (χ1n) is 16.2. The third kappa shape index (κ3) is 5.15. The smallest absolute Gasteiger partial charge is 0.241 e. The summed E-state index contributed by atoms with van der Waals surface area (Å²) in [5.41, 5.74) is 4.03. The van der Waals surface area contributed by atoms with Crippen LogP contribution in [-0.2, 0) is 10.2 Å². The van der Waals surface area contributed by atoms with Crippen molar-refractivity contribution >= 4 is 33.1 Å². The Hall–Kier alpha value is -3.20. The van der Waals surface area contributed by atoms with Crippen molar-refractivity contribution in [3.63, 3.8) is 0 Å². The molecule has 2 bridgehead atoms. The van der Waals surface area contributed by atoms with E-state index in [-0.39, 0.29) is 22.7 Å². The molecule has 0 saturated heterocycles. The van der Waals surface area contributed by atoms with Crippen LogP contribution in [0.2, 0.25) is 0 Å². The molecule has 4 aromatic rings. The van der Waals surface area contributed by atoms with Gasteiger partial charge in [0.15, 0.2) is 0 Å². The number of nitrogens with zero attached hydrogens (tertiary/aromatic N) is 4. The van der Waals surface area contributed by atoms with Crippen molar-refractivity contribution in [2.45, 2.75) is 95.3 Å². The Balaban J connectivity index is 1.05. The lowest BCUT2D eigenvalue weighted by Crippen LogP contribution is -2.51. The van der Waals surface area contributed by atoms with E-state index < -0.39 is 12.3 Å². The molecule has 5 saturated carbocycles. The fraction of sp³-hybridized carbons (Fsp3) is 0.543. The lowest BCUT2D eigenvalue weighted by atomic mass is 9.53. The topological polar surface area (TPSA) is 72.1 Å². The van der Waals surface area contributed by atoms with Gasteiger partial charge in [-0.2, -0.15) is 0 Å². The first-order valence-corrected chi connectivity index (χ1v) is 17.0. The number of aromatic nitrogens is 3.